The summed E-state index contributed by atoms with van der Waals surface area (Å²) in [6, 6.07) is -0.0808. The van der Waals surface area contributed by atoms with Gasteiger partial charge in [-0.05, 0) is 22.9 Å². The van der Waals surface area contributed by atoms with E-state index in [9.17, 15) is 4.79 Å². The molecule has 19 heavy (non-hydrogen) atoms. The predicted octanol–water partition coefficient (Wildman–Crippen LogP) is 1.44. The first kappa shape index (κ1) is 13.9. The van der Waals surface area contributed by atoms with E-state index in [1.807, 2.05) is 11.8 Å². The summed E-state index contributed by atoms with van der Waals surface area (Å²) in [6.07, 6.45) is 0.766. The Balaban J connectivity index is 2.14. The van der Waals surface area contributed by atoms with Crippen LogP contribution in [0.3, 0.4) is 0 Å². The Bertz CT molecular complexity index is 485. The van der Waals surface area contributed by atoms with Crippen LogP contribution < -0.4 is 9.64 Å². The van der Waals surface area contributed by atoms with Crippen molar-refractivity contribution in [2.45, 2.75) is 13.0 Å². The minimum Gasteiger partial charge on any atom is -0.479 e. The highest BCUT2D eigenvalue weighted by Gasteiger charge is 2.28. The van der Waals surface area contributed by atoms with E-state index in [1.54, 1.807) is 6.20 Å². The lowest BCUT2D eigenvalue weighted by Gasteiger charge is -2.38. The number of halogens is 1. The van der Waals surface area contributed by atoms with Crippen molar-refractivity contribution in [1.29, 1.82) is 0 Å². The van der Waals surface area contributed by atoms with Crippen LogP contribution in [0.2, 0.25) is 0 Å². The Hall–Kier alpha value is -1.57. The highest BCUT2D eigenvalue weighted by Crippen LogP contribution is 2.24. The number of rotatable bonds is 2. The second-order valence-electron chi connectivity index (χ2n) is 4.30. The van der Waals surface area contributed by atoms with E-state index in [1.165, 1.54) is 12.0 Å². The van der Waals surface area contributed by atoms with Crippen molar-refractivity contribution in [3.63, 3.8) is 0 Å². The molecular weight excluding hydrogens is 316 g/mol. The fourth-order valence-electron chi connectivity index (χ4n) is 2.08. The highest BCUT2D eigenvalue weighted by atomic mass is 79.9. The van der Waals surface area contributed by atoms with Crippen LogP contribution in [0.4, 0.5) is 10.6 Å². The van der Waals surface area contributed by atoms with E-state index in [-0.39, 0.29) is 6.04 Å². The van der Waals surface area contributed by atoms with Gasteiger partial charge in [0.25, 0.3) is 0 Å². The molecule has 104 valence electrons. The molecule has 1 aromatic rings. The summed E-state index contributed by atoms with van der Waals surface area (Å²) >= 11 is 3.25. The van der Waals surface area contributed by atoms with Gasteiger partial charge in [0, 0.05) is 25.7 Å². The molecule has 2 rings (SSSR count). The van der Waals surface area contributed by atoms with Crippen LogP contribution in [-0.4, -0.2) is 58.9 Å². The molecule has 0 aromatic carbocycles. The predicted molar refractivity (Wildman–Crippen MR) is 72.7 cm³/mol. The standard InChI is InChI=1S/C11H15BrN4O3/c1-7-6-15(3-4-16(7)11(17)18)8-5-13-9(12)10(14-8)19-2/h5,7H,3-4,6H2,1-2H3,(H,17,18). The van der Waals surface area contributed by atoms with Crippen LogP contribution in [0, 0.1) is 0 Å². The lowest BCUT2D eigenvalue weighted by Crippen LogP contribution is -2.54. The van der Waals surface area contributed by atoms with Gasteiger partial charge in [-0.25, -0.2) is 9.78 Å². The zero-order chi connectivity index (χ0) is 14.0. The van der Waals surface area contributed by atoms with E-state index in [2.05, 4.69) is 25.9 Å². The minimum atomic E-state index is -0.883. The summed E-state index contributed by atoms with van der Waals surface area (Å²) in [6.45, 7) is 3.52. The Labute approximate surface area is 119 Å². The minimum absolute atomic E-state index is 0.0808. The number of hydrogen-bond acceptors (Lipinski definition) is 5. The zero-order valence-electron chi connectivity index (χ0n) is 10.7. The summed E-state index contributed by atoms with van der Waals surface area (Å²) in [5, 5.41) is 9.04. The van der Waals surface area contributed by atoms with Crippen LogP contribution in [0.25, 0.3) is 0 Å². The molecule has 0 aliphatic carbocycles. The number of nitrogens with zero attached hydrogens (tertiary/aromatic N) is 4. The number of methoxy groups -OCH3 is 1. The van der Waals surface area contributed by atoms with Crippen molar-refractivity contribution in [3.05, 3.63) is 10.8 Å². The van der Waals surface area contributed by atoms with Gasteiger partial charge >= 0.3 is 6.09 Å². The number of amides is 1. The highest BCUT2D eigenvalue weighted by molar-refractivity contribution is 9.10. The smallest absolute Gasteiger partial charge is 0.407 e. The second-order valence-corrected chi connectivity index (χ2v) is 5.05. The first-order valence-electron chi connectivity index (χ1n) is 5.84. The lowest BCUT2D eigenvalue weighted by atomic mass is 10.2. The number of ether oxygens (including phenoxy) is 1. The monoisotopic (exact) mass is 330 g/mol. The molecule has 2 heterocycles. The molecule has 8 heteroatoms. The third-order valence-electron chi connectivity index (χ3n) is 3.08. The van der Waals surface area contributed by atoms with Gasteiger partial charge in [0.15, 0.2) is 10.4 Å². The molecule has 1 aliphatic heterocycles. The number of carboxylic acid groups (broad SMARTS) is 1. The van der Waals surface area contributed by atoms with Crippen molar-refractivity contribution in [2.75, 3.05) is 31.6 Å². The third kappa shape index (κ3) is 2.89. The summed E-state index contributed by atoms with van der Waals surface area (Å²) in [5.41, 5.74) is 0. The molecule has 0 bridgehead atoms. The molecule has 1 unspecified atom stereocenters. The van der Waals surface area contributed by atoms with Gasteiger partial charge in [0.1, 0.15) is 0 Å². The van der Waals surface area contributed by atoms with Crippen LogP contribution >= 0.6 is 15.9 Å². The largest absolute Gasteiger partial charge is 0.479 e. The second kappa shape index (κ2) is 5.60. The summed E-state index contributed by atoms with van der Waals surface area (Å²) in [7, 11) is 1.53. The molecule has 1 N–H and O–H groups in total. The van der Waals surface area contributed by atoms with Gasteiger partial charge in [-0.3, -0.25) is 0 Å². The van der Waals surface area contributed by atoms with Crippen molar-refractivity contribution < 1.29 is 14.6 Å². The summed E-state index contributed by atoms with van der Waals surface area (Å²) in [4.78, 5) is 23.0. The number of aromatic nitrogens is 2. The maximum atomic E-state index is 11.0. The molecule has 0 radical (unpaired) electrons. The number of hydrogen-bond donors (Lipinski definition) is 1. The molecule has 1 aromatic heterocycles. The third-order valence-corrected chi connectivity index (χ3v) is 3.62. The number of carbonyl (C=O) groups is 1. The molecule has 1 saturated heterocycles. The quantitative estimate of drug-likeness (QED) is 0.883. The summed E-state index contributed by atoms with van der Waals surface area (Å²) < 4.78 is 5.66. The molecule has 1 atom stereocenters. The average Bonchev–Trinajstić information content (AvgIpc) is 2.38. The van der Waals surface area contributed by atoms with Crippen molar-refractivity contribution >= 4 is 27.8 Å². The fraction of sp³-hybridized carbons (Fsp3) is 0.545. The van der Waals surface area contributed by atoms with E-state index < -0.39 is 6.09 Å². The lowest BCUT2D eigenvalue weighted by molar-refractivity contribution is 0.122. The molecule has 7 nitrogen and oxygen atoms in total. The van der Waals surface area contributed by atoms with E-state index >= 15 is 0 Å². The Kier molecular flexibility index (Phi) is 4.08. The van der Waals surface area contributed by atoms with Crippen molar-refractivity contribution in [3.8, 4) is 5.88 Å². The normalized spacial score (nSPS) is 19.4. The summed E-state index contributed by atoms with van der Waals surface area (Å²) in [5.74, 6) is 1.11. The average molecular weight is 331 g/mol. The van der Waals surface area contributed by atoms with Crippen LogP contribution in [-0.2, 0) is 0 Å². The van der Waals surface area contributed by atoms with Crippen LogP contribution in [0.1, 0.15) is 6.92 Å². The zero-order valence-corrected chi connectivity index (χ0v) is 12.3. The molecule has 1 amide bonds. The van der Waals surface area contributed by atoms with Gasteiger partial charge in [-0.15, -0.1) is 0 Å². The molecular formula is C11H15BrN4O3. The maximum Gasteiger partial charge on any atom is 0.407 e. The Morgan fingerprint density at radius 2 is 2.32 bits per heavy atom. The van der Waals surface area contributed by atoms with Crippen LogP contribution in [0.15, 0.2) is 10.8 Å². The van der Waals surface area contributed by atoms with E-state index in [4.69, 9.17) is 9.84 Å². The number of anilines is 1. The van der Waals surface area contributed by atoms with Gasteiger partial charge < -0.3 is 19.6 Å². The molecule has 0 saturated carbocycles. The van der Waals surface area contributed by atoms with Crippen molar-refractivity contribution in [1.82, 2.24) is 14.9 Å². The first-order valence-corrected chi connectivity index (χ1v) is 6.63. The molecule has 1 aliphatic rings. The first-order chi connectivity index (χ1) is 9.02. The van der Waals surface area contributed by atoms with Gasteiger partial charge in [0.05, 0.1) is 13.3 Å². The van der Waals surface area contributed by atoms with E-state index in [0.717, 1.165) is 0 Å². The van der Waals surface area contributed by atoms with Gasteiger partial charge in [0.2, 0.25) is 5.88 Å². The SMILES string of the molecule is COc1nc(N2CCN(C(=O)O)C(C)C2)cnc1Br. The topological polar surface area (TPSA) is 78.8 Å². The van der Waals surface area contributed by atoms with E-state index in [0.29, 0.717) is 35.9 Å². The maximum absolute atomic E-state index is 11.0. The Morgan fingerprint density at radius 3 is 2.89 bits per heavy atom. The Morgan fingerprint density at radius 1 is 1.58 bits per heavy atom. The van der Waals surface area contributed by atoms with Gasteiger partial charge in [-0.1, -0.05) is 0 Å². The van der Waals surface area contributed by atoms with Gasteiger partial charge in [-0.2, -0.15) is 4.98 Å². The number of piperazine rings is 1. The molecule has 1 fully saturated rings. The van der Waals surface area contributed by atoms with Crippen LogP contribution in [0.5, 0.6) is 5.88 Å². The van der Waals surface area contributed by atoms with Crippen molar-refractivity contribution in [2.24, 2.45) is 0 Å². The fourth-order valence-corrected chi connectivity index (χ4v) is 2.43. The molecule has 0 spiro atoms.